The lowest BCUT2D eigenvalue weighted by Gasteiger charge is -2.50. The molecule has 0 atom stereocenters. The Kier molecular flexibility index (Phi) is 4.16. The molecule has 110 valence electrons. The van der Waals surface area contributed by atoms with Gasteiger partial charge in [0.2, 0.25) is 0 Å². The van der Waals surface area contributed by atoms with Gasteiger partial charge in [-0.15, -0.1) is 0 Å². The van der Waals surface area contributed by atoms with Crippen LogP contribution >= 0.6 is 0 Å². The van der Waals surface area contributed by atoms with E-state index < -0.39 is 5.60 Å². The van der Waals surface area contributed by atoms with Gasteiger partial charge >= 0.3 is 0 Å². The van der Waals surface area contributed by atoms with E-state index >= 15 is 0 Å². The first kappa shape index (κ1) is 15.1. The van der Waals surface area contributed by atoms with E-state index in [0.29, 0.717) is 0 Å². The Morgan fingerprint density at radius 2 is 1.42 bits per heavy atom. The van der Waals surface area contributed by atoms with Gasteiger partial charge in [-0.1, -0.05) is 46.6 Å². The number of hydrogen-bond donors (Lipinski definition) is 1. The second-order valence-corrected chi connectivity index (χ2v) is 8.57. The monoisotopic (exact) mass is 264 g/mol. The maximum atomic E-state index is 11.3. The van der Waals surface area contributed by atoms with Crippen molar-refractivity contribution in [3.05, 3.63) is 11.6 Å². The van der Waals surface area contributed by atoms with E-state index in [1.807, 2.05) is 0 Å². The predicted molar refractivity (Wildman–Crippen MR) is 82.1 cm³/mol. The summed E-state index contributed by atoms with van der Waals surface area (Å²) in [5.41, 5.74) is 1.31. The second kappa shape index (κ2) is 5.24. The average Bonchev–Trinajstić information content (AvgIpc) is 2.08. The van der Waals surface area contributed by atoms with E-state index in [2.05, 4.69) is 33.8 Å². The summed E-state index contributed by atoms with van der Waals surface area (Å²) in [4.78, 5) is 0. The molecular formula is C18H32O. The smallest absolute Gasteiger partial charge is 0.0866 e. The molecule has 0 aromatic rings. The highest BCUT2D eigenvalue weighted by Crippen LogP contribution is 2.53. The van der Waals surface area contributed by atoms with E-state index in [-0.39, 0.29) is 10.8 Å². The summed E-state index contributed by atoms with van der Waals surface area (Å²) in [6, 6.07) is 0. The molecule has 0 heterocycles. The Labute approximate surface area is 119 Å². The number of aliphatic hydroxyl groups is 1. The van der Waals surface area contributed by atoms with Crippen molar-refractivity contribution in [3.63, 3.8) is 0 Å². The van der Waals surface area contributed by atoms with Crippen LogP contribution in [-0.2, 0) is 0 Å². The van der Waals surface area contributed by atoms with Gasteiger partial charge in [-0.3, -0.25) is 0 Å². The van der Waals surface area contributed by atoms with Gasteiger partial charge in [0.15, 0.2) is 0 Å². The molecule has 1 heteroatoms. The largest absolute Gasteiger partial charge is 0.385 e. The lowest BCUT2D eigenvalue weighted by atomic mass is 9.57. The molecule has 1 fully saturated rings. The zero-order chi connectivity index (χ0) is 14.1. The van der Waals surface area contributed by atoms with Crippen molar-refractivity contribution in [1.29, 1.82) is 0 Å². The molecule has 1 N–H and O–H groups in total. The zero-order valence-corrected chi connectivity index (χ0v) is 13.4. The summed E-state index contributed by atoms with van der Waals surface area (Å²) < 4.78 is 0. The van der Waals surface area contributed by atoms with Crippen molar-refractivity contribution in [2.75, 3.05) is 0 Å². The van der Waals surface area contributed by atoms with Gasteiger partial charge in [-0.25, -0.2) is 0 Å². The quantitative estimate of drug-likeness (QED) is 0.643. The second-order valence-electron chi connectivity index (χ2n) is 8.57. The minimum absolute atomic E-state index is 0.250. The molecule has 0 radical (unpaired) electrons. The fourth-order valence-electron chi connectivity index (χ4n) is 4.91. The maximum absolute atomic E-state index is 11.3. The van der Waals surface area contributed by atoms with Crippen molar-refractivity contribution in [2.45, 2.75) is 91.1 Å². The highest BCUT2D eigenvalue weighted by Gasteiger charge is 2.47. The third-order valence-corrected chi connectivity index (χ3v) is 4.89. The highest BCUT2D eigenvalue weighted by atomic mass is 16.3. The maximum Gasteiger partial charge on any atom is 0.0866 e. The van der Waals surface area contributed by atoms with Gasteiger partial charge in [0, 0.05) is 0 Å². The SMILES string of the molecule is CC1(C)CC(C)(C)CC(O)(C2=CCCCCCC2)C1. The molecule has 0 saturated heterocycles. The van der Waals surface area contributed by atoms with Crippen LogP contribution in [0, 0.1) is 10.8 Å². The standard InChI is InChI=1S/C18H32O/c1-16(2)12-17(3,4)14-18(19,13-16)15-10-8-6-5-7-9-11-15/h10,19H,5-9,11-14H2,1-4H3. The minimum Gasteiger partial charge on any atom is -0.385 e. The molecule has 0 aliphatic heterocycles. The zero-order valence-electron chi connectivity index (χ0n) is 13.4. The summed E-state index contributed by atoms with van der Waals surface area (Å²) in [5, 5.41) is 11.3. The van der Waals surface area contributed by atoms with Gasteiger partial charge in [-0.2, -0.15) is 0 Å². The van der Waals surface area contributed by atoms with Crippen molar-refractivity contribution < 1.29 is 5.11 Å². The molecule has 1 nitrogen and oxygen atoms in total. The van der Waals surface area contributed by atoms with Crippen molar-refractivity contribution in [1.82, 2.24) is 0 Å². The van der Waals surface area contributed by atoms with E-state index in [1.165, 1.54) is 44.1 Å². The molecule has 0 unspecified atom stereocenters. The Morgan fingerprint density at radius 3 is 2.05 bits per heavy atom. The fourth-order valence-corrected chi connectivity index (χ4v) is 4.91. The van der Waals surface area contributed by atoms with Crippen molar-refractivity contribution in [3.8, 4) is 0 Å². The number of hydrogen-bond acceptors (Lipinski definition) is 1. The summed E-state index contributed by atoms with van der Waals surface area (Å²) in [5.74, 6) is 0. The average molecular weight is 264 g/mol. The lowest BCUT2D eigenvalue weighted by Crippen LogP contribution is -2.47. The fraction of sp³-hybridized carbons (Fsp3) is 0.889. The van der Waals surface area contributed by atoms with Crippen LogP contribution in [-0.4, -0.2) is 10.7 Å². The molecule has 2 aliphatic carbocycles. The molecular weight excluding hydrogens is 232 g/mol. The summed E-state index contributed by atoms with van der Waals surface area (Å²) >= 11 is 0. The normalized spacial score (nSPS) is 30.1. The third-order valence-electron chi connectivity index (χ3n) is 4.89. The first-order valence-corrected chi connectivity index (χ1v) is 8.15. The molecule has 0 spiro atoms. The lowest BCUT2D eigenvalue weighted by molar-refractivity contribution is -0.0629. The van der Waals surface area contributed by atoms with E-state index in [0.717, 1.165) is 19.3 Å². The summed E-state index contributed by atoms with van der Waals surface area (Å²) in [6.07, 6.45) is 13.0. The van der Waals surface area contributed by atoms with E-state index in [4.69, 9.17) is 0 Å². The molecule has 1 saturated carbocycles. The van der Waals surface area contributed by atoms with Gasteiger partial charge in [0.25, 0.3) is 0 Å². The van der Waals surface area contributed by atoms with E-state index in [9.17, 15) is 5.11 Å². The first-order chi connectivity index (χ1) is 8.73. The van der Waals surface area contributed by atoms with E-state index in [1.54, 1.807) is 0 Å². The van der Waals surface area contributed by atoms with Crippen LogP contribution < -0.4 is 0 Å². The van der Waals surface area contributed by atoms with Gasteiger partial charge in [-0.05, 0) is 61.3 Å². The number of allylic oxidation sites excluding steroid dienone is 1. The van der Waals surface area contributed by atoms with Crippen LogP contribution in [0.2, 0.25) is 0 Å². The molecule has 2 rings (SSSR count). The summed E-state index contributed by atoms with van der Waals surface area (Å²) in [7, 11) is 0. The van der Waals surface area contributed by atoms with Crippen LogP contribution in [0.5, 0.6) is 0 Å². The Hall–Kier alpha value is -0.300. The third kappa shape index (κ3) is 3.84. The van der Waals surface area contributed by atoms with Crippen LogP contribution in [0.3, 0.4) is 0 Å². The van der Waals surface area contributed by atoms with Crippen LogP contribution in [0.4, 0.5) is 0 Å². The van der Waals surface area contributed by atoms with Gasteiger partial charge < -0.3 is 5.11 Å². The highest BCUT2D eigenvalue weighted by molar-refractivity contribution is 5.21. The number of rotatable bonds is 1. The van der Waals surface area contributed by atoms with Gasteiger partial charge in [0.05, 0.1) is 5.60 Å². The molecule has 19 heavy (non-hydrogen) atoms. The molecule has 0 aromatic carbocycles. The Balaban J connectivity index is 2.24. The van der Waals surface area contributed by atoms with Crippen molar-refractivity contribution in [2.24, 2.45) is 10.8 Å². The topological polar surface area (TPSA) is 20.2 Å². The minimum atomic E-state index is -0.539. The van der Waals surface area contributed by atoms with Gasteiger partial charge in [0.1, 0.15) is 0 Å². The molecule has 0 amide bonds. The predicted octanol–water partition coefficient (Wildman–Crippen LogP) is 5.23. The van der Waals surface area contributed by atoms with Crippen LogP contribution in [0.25, 0.3) is 0 Å². The first-order valence-electron chi connectivity index (χ1n) is 8.15. The Morgan fingerprint density at radius 1 is 0.842 bits per heavy atom. The summed E-state index contributed by atoms with van der Waals surface area (Å²) in [6.45, 7) is 9.29. The molecule has 0 aromatic heterocycles. The van der Waals surface area contributed by atoms with Crippen LogP contribution in [0.15, 0.2) is 11.6 Å². The van der Waals surface area contributed by atoms with Crippen molar-refractivity contribution >= 4 is 0 Å². The molecule has 0 bridgehead atoms. The Bertz CT molecular complexity index is 333. The molecule has 2 aliphatic rings. The van der Waals surface area contributed by atoms with Crippen LogP contribution in [0.1, 0.15) is 85.5 Å².